The number of ether oxygens (including phenoxy) is 1. The molecule has 1 aromatic carbocycles. The van der Waals surface area contributed by atoms with Crippen LogP contribution in [-0.4, -0.2) is 43.4 Å². The van der Waals surface area contributed by atoms with E-state index in [1.54, 1.807) is 6.20 Å². The van der Waals surface area contributed by atoms with Gasteiger partial charge in [0.1, 0.15) is 0 Å². The predicted octanol–water partition coefficient (Wildman–Crippen LogP) is 2.13. The predicted molar refractivity (Wildman–Crippen MR) is 88.7 cm³/mol. The molecule has 1 aromatic heterocycles. The number of hydrogen-bond donors (Lipinski definition) is 2. The molecule has 2 aromatic rings. The van der Waals surface area contributed by atoms with Crippen molar-refractivity contribution in [1.29, 1.82) is 0 Å². The van der Waals surface area contributed by atoms with Crippen LogP contribution in [0.5, 0.6) is 5.88 Å². The quantitative estimate of drug-likeness (QED) is 0.410. The zero-order valence-corrected chi connectivity index (χ0v) is 13.6. The van der Waals surface area contributed by atoms with E-state index in [1.807, 2.05) is 30.3 Å². The van der Waals surface area contributed by atoms with Gasteiger partial charge in [0.15, 0.2) is 0 Å². The largest absolute Gasteiger partial charge is 0.477 e. The Morgan fingerprint density at radius 3 is 2.86 bits per heavy atom. The highest BCUT2D eigenvalue weighted by molar-refractivity contribution is 8.69. The van der Waals surface area contributed by atoms with E-state index in [-0.39, 0.29) is 0 Å². The van der Waals surface area contributed by atoms with Crippen LogP contribution in [0.25, 0.3) is 10.8 Å². The number of rotatable bonds is 9. The Labute approximate surface area is 133 Å². The molecule has 0 atom stereocenters. The Bertz CT molecular complexity index is 702. The summed E-state index contributed by atoms with van der Waals surface area (Å²) in [6.45, 7) is 1.74. The maximum absolute atomic E-state index is 10.5. The molecule has 6 nitrogen and oxygen atoms in total. The fourth-order valence-electron chi connectivity index (χ4n) is 1.92. The minimum absolute atomic E-state index is 0.310. The molecule has 0 aliphatic carbocycles. The monoisotopic (exact) mass is 342 g/mol. The molecule has 0 saturated heterocycles. The summed E-state index contributed by atoms with van der Waals surface area (Å²) in [7, 11) is -3.41. The average molecular weight is 342 g/mol. The van der Waals surface area contributed by atoms with Crippen LogP contribution in [0.1, 0.15) is 6.42 Å². The van der Waals surface area contributed by atoms with Crippen LogP contribution >= 0.6 is 10.8 Å². The van der Waals surface area contributed by atoms with Crippen molar-refractivity contribution in [3.05, 3.63) is 36.5 Å². The average Bonchev–Trinajstić information content (AvgIpc) is 2.49. The molecular formula is C14H18N2O4S2. The summed E-state index contributed by atoms with van der Waals surface area (Å²) in [6, 6.07) is 9.85. The van der Waals surface area contributed by atoms with E-state index in [4.69, 9.17) is 9.29 Å². The first-order valence-corrected chi connectivity index (χ1v) is 9.79. The minimum atomic E-state index is -3.93. The van der Waals surface area contributed by atoms with Gasteiger partial charge in [0.2, 0.25) is 5.88 Å². The lowest BCUT2D eigenvalue weighted by molar-refractivity contribution is 0.301. The summed E-state index contributed by atoms with van der Waals surface area (Å²) in [5, 5.41) is 5.16. The first kappa shape index (κ1) is 17.0. The lowest BCUT2D eigenvalue weighted by Gasteiger charge is -2.08. The summed E-state index contributed by atoms with van der Waals surface area (Å²) < 4.78 is 35.2. The first-order valence-electron chi connectivity index (χ1n) is 6.85. The number of fused-ring (bicyclic) bond motifs is 1. The first-order chi connectivity index (χ1) is 10.6. The highest BCUT2D eigenvalue weighted by atomic mass is 33.1. The zero-order chi connectivity index (χ0) is 15.8. The molecule has 0 amide bonds. The van der Waals surface area contributed by atoms with Gasteiger partial charge in [-0.25, -0.2) is 4.98 Å². The molecule has 0 bridgehead atoms. The molecule has 0 aliphatic heterocycles. The van der Waals surface area contributed by atoms with Crippen LogP contribution in [0.3, 0.4) is 0 Å². The summed E-state index contributed by atoms with van der Waals surface area (Å²) in [6.07, 6.45) is 2.50. The molecule has 0 fully saturated rings. The molecule has 1 heterocycles. The summed E-state index contributed by atoms with van der Waals surface area (Å²) in [5.41, 5.74) is 0. The third-order valence-corrected chi connectivity index (χ3v) is 4.95. The molecular weight excluding hydrogens is 324 g/mol. The van der Waals surface area contributed by atoms with Crippen LogP contribution in [0.4, 0.5) is 0 Å². The fourth-order valence-corrected chi connectivity index (χ4v) is 3.24. The lowest BCUT2D eigenvalue weighted by Crippen LogP contribution is -2.20. The summed E-state index contributed by atoms with van der Waals surface area (Å²) in [4.78, 5) is 4.24. The second kappa shape index (κ2) is 8.33. The van der Waals surface area contributed by atoms with Gasteiger partial charge in [-0.15, -0.1) is 0 Å². The van der Waals surface area contributed by atoms with E-state index >= 15 is 0 Å². The Morgan fingerprint density at radius 1 is 1.23 bits per heavy atom. The molecule has 0 aliphatic rings. The van der Waals surface area contributed by atoms with Crippen LogP contribution in [0, 0.1) is 0 Å². The second-order valence-corrected chi connectivity index (χ2v) is 8.01. The Hall–Kier alpha value is -1.35. The molecule has 0 spiro atoms. The smallest absolute Gasteiger partial charge is 0.319 e. The van der Waals surface area contributed by atoms with E-state index in [0.717, 1.165) is 17.2 Å². The Morgan fingerprint density at radius 2 is 2.05 bits per heavy atom. The van der Waals surface area contributed by atoms with Crippen molar-refractivity contribution < 1.29 is 17.7 Å². The minimum Gasteiger partial charge on any atom is -0.477 e. The molecule has 22 heavy (non-hydrogen) atoms. The molecule has 120 valence electrons. The Balaban J connectivity index is 1.66. The highest BCUT2D eigenvalue weighted by Gasteiger charge is 2.04. The molecule has 0 radical (unpaired) electrons. The topological polar surface area (TPSA) is 88.5 Å². The van der Waals surface area contributed by atoms with Gasteiger partial charge in [0, 0.05) is 23.9 Å². The number of hydrogen-bond acceptors (Lipinski definition) is 6. The van der Waals surface area contributed by atoms with Gasteiger partial charge in [-0.2, -0.15) is 8.42 Å². The summed E-state index contributed by atoms with van der Waals surface area (Å²) >= 11 is 0. The standard InChI is InChI=1S/C14H18N2O4S2/c17-22(18,19)21-11-9-15-7-3-10-20-14-13-5-2-1-4-12(13)6-8-16-14/h1-2,4-6,8,15H,3,7,9-11H2,(H,17,18,19). The number of pyridine rings is 1. The van der Waals surface area contributed by atoms with Crippen LogP contribution in [0.2, 0.25) is 0 Å². The van der Waals surface area contributed by atoms with Gasteiger partial charge in [-0.05, 0) is 41.3 Å². The van der Waals surface area contributed by atoms with Gasteiger partial charge in [-0.1, -0.05) is 18.2 Å². The van der Waals surface area contributed by atoms with E-state index in [2.05, 4.69) is 10.3 Å². The van der Waals surface area contributed by atoms with Gasteiger partial charge >= 0.3 is 9.15 Å². The normalized spacial score (nSPS) is 11.7. The van der Waals surface area contributed by atoms with Crippen molar-refractivity contribution in [2.45, 2.75) is 6.42 Å². The van der Waals surface area contributed by atoms with Crippen molar-refractivity contribution in [2.24, 2.45) is 0 Å². The van der Waals surface area contributed by atoms with Crippen LogP contribution < -0.4 is 10.1 Å². The van der Waals surface area contributed by atoms with Crippen molar-refractivity contribution in [3.8, 4) is 5.88 Å². The van der Waals surface area contributed by atoms with Crippen molar-refractivity contribution in [3.63, 3.8) is 0 Å². The van der Waals surface area contributed by atoms with Crippen LogP contribution in [0.15, 0.2) is 36.5 Å². The number of aromatic nitrogens is 1. The third kappa shape index (κ3) is 5.80. The SMILES string of the molecule is O=S(=O)(O)SCCNCCCOc1nccc2ccccc12. The number of benzene rings is 1. The molecule has 8 heteroatoms. The van der Waals surface area contributed by atoms with E-state index < -0.39 is 9.15 Å². The second-order valence-electron chi connectivity index (χ2n) is 4.54. The Kier molecular flexibility index (Phi) is 6.44. The molecule has 0 saturated carbocycles. The van der Waals surface area contributed by atoms with Gasteiger partial charge in [0.05, 0.1) is 6.61 Å². The maximum Gasteiger partial charge on any atom is 0.319 e. The zero-order valence-electron chi connectivity index (χ0n) is 11.9. The van der Waals surface area contributed by atoms with Crippen molar-refractivity contribution in [1.82, 2.24) is 10.3 Å². The van der Waals surface area contributed by atoms with Gasteiger partial charge < -0.3 is 10.1 Å². The van der Waals surface area contributed by atoms with Crippen molar-refractivity contribution in [2.75, 3.05) is 25.4 Å². The lowest BCUT2D eigenvalue weighted by atomic mass is 10.2. The van der Waals surface area contributed by atoms with E-state index in [1.165, 1.54) is 0 Å². The number of nitrogens with zero attached hydrogens (tertiary/aromatic N) is 1. The van der Waals surface area contributed by atoms with Crippen LogP contribution in [-0.2, 0) is 9.15 Å². The molecule has 2 rings (SSSR count). The van der Waals surface area contributed by atoms with Gasteiger partial charge in [0.25, 0.3) is 0 Å². The third-order valence-electron chi connectivity index (χ3n) is 2.88. The maximum atomic E-state index is 10.5. The fraction of sp³-hybridized carbons (Fsp3) is 0.357. The molecule has 0 unspecified atom stereocenters. The summed E-state index contributed by atoms with van der Waals surface area (Å²) in [5.74, 6) is 0.935. The number of nitrogens with one attached hydrogen (secondary N) is 1. The van der Waals surface area contributed by atoms with E-state index in [9.17, 15) is 8.42 Å². The molecule has 2 N–H and O–H groups in total. The highest BCUT2D eigenvalue weighted by Crippen LogP contribution is 2.22. The van der Waals surface area contributed by atoms with E-state index in [0.29, 0.717) is 42.1 Å². The van der Waals surface area contributed by atoms with Gasteiger partial charge in [-0.3, -0.25) is 4.55 Å². The van der Waals surface area contributed by atoms with Crippen molar-refractivity contribution >= 4 is 30.7 Å².